The first-order valence-electron chi connectivity index (χ1n) is 11.0. The molecule has 4 rings (SSSR count). The molecule has 0 N–H and O–H groups in total. The Balaban J connectivity index is 0.00000324. The molecule has 184 valence electrons. The van der Waals surface area contributed by atoms with Gasteiger partial charge in [-0.1, -0.05) is 22.9 Å². The first-order chi connectivity index (χ1) is 16.0. The van der Waals surface area contributed by atoms with E-state index in [2.05, 4.69) is 4.90 Å². The van der Waals surface area contributed by atoms with E-state index < -0.39 is 0 Å². The smallest absolute Gasteiger partial charge is 0.266 e. The lowest BCUT2D eigenvalue weighted by atomic mass is 10.2. The number of amides is 1. The van der Waals surface area contributed by atoms with Gasteiger partial charge in [-0.2, -0.15) is 0 Å². The number of hydrogen-bond donors (Lipinski definition) is 0. The van der Waals surface area contributed by atoms with Crippen molar-refractivity contribution in [3.05, 3.63) is 47.0 Å². The SMILES string of the molecule is COc1ccc(OCC(=O)N(CCCN2CCOCC2)c2nc3c(C)c(Cl)ccc3s2)cc1.Cl. The maximum atomic E-state index is 13.2. The van der Waals surface area contributed by atoms with Gasteiger partial charge in [-0.15, -0.1) is 12.4 Å². The predicted octanol–water partition coefficient (Wildman–Crippen LogP) is 4.82. The Morgan fingerprint density at radius 2 is 1.88 bits per heavy atom. The van der Waals surface area contributed by atoms with Gasteiger partial charge >= 0.3 is 0 Å². The molecule has 0 spiro atoms. The quantitative estimate of drug-likeness (QED) is 0.398. The lowest BCUT2D eigenvalue weighted by molar-refractivity contribution is -0.120. The van der Waals surface area contributed by atoms with Crippen LogP contribution in [-0.4, -0.2) is 68.9 Å². The Labute approximate surface area is 215 Å². The van der Waals surface area contributed by atoms with Gasteiger partial charge in [0, 0.05) is 31.2 Å². The number of rotatable bonds is 9. The number of carbonyl (C=O) groups is 1. The molecule has 1 aromatic heterocycles. The zero-order chi connectivity index (χ0) is 23.2. The summed E-state index contributed by atoms with van der Waals surface area (Å²) in [6.45, 7) is 6.72. The highest BCUT2D eigenvalue weighted by Gasteiger charge is 2.22. The number of methoxy groups -OCH3 is 1. The maximum absolute atomic E-state index is 13.2. The van der Waals surface area contributed by atoms with Crippen molar-refractivity contribution in [1.82, 2.24) is 9.88 Å². The van der Waals surface area contributed by atoms with Crippen LogP contribution < -0.4 is 14.4 Å². The second-order valence-electron chi connectivity index (χ2n) is 7.83. The Morgan fingerprint density at radius 3 is 2.59 bits per heavy atom. The molecule has 1 fully saturated rings. The summed E-state index contributed by atoms with van der Waals surface area (Å²) in [5, 5.41) is 1.34. The van der Waals surface area contributed by atoms with Crippen LogP contribution in [0.15, 0.2) is 36.4 Å². The molecule has 0 saturated carbocycles. The van der Waals surface area contributed by atoms with E-state index in [4.69, 9.17) is 30.8 Å². The molecule has 1 amide bonds. The fraction of sp³-hybridized carbons (Fsp3) is 0.417. The molecule has 0 bridgehead atoms. The summed E-state index contributed by atoms with van der Waals surface area (Å²) in [6, 6.07) is 11.0. The van der Waals surface area contributed by atoms with Gasteiger partial charge in [-0.25, -0.2) is 4.98 Å². The molecule has 0 unspecified atom stereocenters. The van der Waals surface area contributed by atoms with Gasteiger partial charge in [0.25, 0.3) is 5.91 Å². The van der Waals surface area contributed by atoms with Crippen molar-refractivity contribution in [1.29, 1.82) is 0 Å². The summed E-state index contributed by atoms with van der Waals surface area (Å²) in [5.74, 6) is 1.22. The number of thiazole rings is 1. The average molecular weight is 526 g/mol. The number of ether oxygens (including phenoxy) is 3. The van der Waals surface area contributed by atoms with E-state index in [0.29, 0.717) is 22.4 Å². The molecular formula is C24H29Cl2N3O4S. The fourth-order valence-electron chi connectivity index (χ4n) is 3.70. The average Bonchev–Trinajstić information content (AvgIpc) is 3.28. The lowest BCUT2D eigenvalue weighted by Crippen LogP contribution is -2.40. The lowest BCUT2D eigenvalue weighted by Gasteiger charge is -2.27. The number of morpholine rings is 1. The number of anilines is 1. The molecule has 0 atom stereocenters. The van der Waals surface area contributed by atoms with Crippen molar-refractivity contribution in [2.75, 3.05) is 58.0 Å². The minimum Gasteiger partial charge on any atom is -0.497 e. The van der Waals surface area contributed by atoms with Gasteiger partial charge in [-0.3, -0.25) is 14.6 Å². The summed E-state index contributed by atoms with van der Waals surface area (Å²) >= 11 is 7.79. The van der Waals surface area contributed by atoms with Crippen LogP contribution in [0.2, 0.25) is 5.02 Å². The summed E-state index contributed by atoms with van der Waals surface area (Å²) in [4.78, 5) is 22.1. The van der Waals surface area contributed by atoms with Crippen LogP contribution >= 0.6 is 35.3 Å². The van der Waals surface area contributed by atoms with Crippen molar-refractivity contribution in [2.24, 2.45) is 0 Å². The van der Waals surface area contributed by atoms with E-state index in [-0.39, 0.29) is 24.9 Å². The third-order valence-corrected chi connectivity index (χ3v) is 7.10. The zero-order valence-corrected chi connectivity index (χ0v) is 21.7. The van der Waals surface area contributed by atoms with Crippen LogP contribution in [0.4, 0.5) is 5.13 Å². The summed E-state index contributed by atoms with van der Waals surface area (Å²) in [7, 11) is 1.61. The normalized spacial score (nSPS) is 14.0. The third-order valence-electron chi connectivity index (χ3n) is 5.65. The van der Waals surface area contributed by atoms with Gasteiger partial charge in [0.05, 0.1) is 30.5 Å². The molecule has 1 aliphatic rings. The number of benzene rings is 2. The Kier molecular flexibility index (Phi) is 9.79. The van der Waals surface area contributed by atoms with E-state index in [0.717, 1.165) is 60.8 Å². The summed E-state index contributed by atoms with van der Waals surface area (Å²) < 4.78 is 17.4. The van der Waals surface area contributed by atoms with Crippen LogP contribution in [-0.2, 0) is 9.53 Å². The van der Waals surface area contributed by atoms with Crippen LogP contribution in [0.5, 0.6) is 11.5 Å². The molecule has 34 heavy (non-hydrogen) atoms. The van der Waals surface area contributed by atoms with Crippen molar-refractivity contribution in [2.45, 2.75) is 13.3 Å². The molecule has 10 heteroatoms. The fourth-order valence-corrected chi connectivity index (χ4v) is 4.92. The first kappa shape index (κ1) is 26.5. The number of hydrogen-bond acceptors (Lipinski definition) is 7. The first-order valence-corrected chi connectivity index (χ1v) is 12.2. The molecule has 1 aliphatic heterocycles. The number of aryl methyl sites for hydroxylation is 1. The molecule has 2 heterocycles. The number of nitrogens with zero attached hydrogens (tertiary/aromatic N) is 3. The van der Waals surface area contributed by atoms with E-state index in [1.165, 1.54) is 11.3 Å². The minimum absolute atomic E-state index is 0. The van der Waals surface area contributed by atoms with Gasteiger partial charge < -0.3 is 14.2 Å². The number of fused-ring (bicyclic) bond motifs is 1. The van der Waals surface area contributed by atoms with E-state index in [9.17, 15) is 4.79 Å². The van der Waals surface area contributed by atoms with Gasteiger partial charge in [0.1, 0.15) is 11.5 Å². The van der Waals surface area contributed by atoms with E-state index in [1.54, 1.807) is 36.3 Å². The van der Waals surface area contributed by atoms with Gasteiger partial charge in [-0.05, 0) is 55.3 Å². The van der Waals surface area contributed by atoms with Crippen molar-refractivity contribution >= 4 is 56.6 Å². The number of aromatic nitrogens is 1. The highest BCUT2D eigenvalue weighted by molar-refractivity contribution is 7.22. The maximum Gasteiger partial charge on any atom is 0.266 e. The molecule has 3 aromatic rings. The standard InChI is InChI=1S/C24H28ClN3O4S.ClH/c1-17-20(25)8-9-21-23(17)26-24(33-21)28(11-3-10-27-12-14-31-15-13-27)22(29)16-32-19-6-4-18(30-2)5-7-19;/h4-9H,3,10-16H2,1-2H3;1H. The molecule has 2 aromatic carbocycles. The molecule has 0 radical (unpaired) electrons. The topological polar surface area (TPSA) is 64.1 Å². The number of halogens is 2. The second-order valence-corrected chi connectivity index (χ2v) is 9.25. The largest absolute Gasteiger partial charge is 0.497 e. The van der Waals surface area contributed by atoms with Crippen LogP contribution in [0.1, 0.15) is 12.0 Å². The van der Waals surface area contributed by atoms with Crippen LogP contribution in [0.3, 0.4) is 0 Å². The molecule has 7 nitrogen and oxygen atoms in total. The molecular weight excluding hydrogens is 497 g/mol. The highest BCUT2D eigenvalue weighted by atomic mass is 35.5. The highest BCUT2D eigenvalue weighted by Crippen LogP contribution is 2.33. The van der Waals surface area contributed by atoms with Crippen molar-refractivity contribution in [3.63, 3.8) is 0 Å². The van der Waals surface area contributed by atoms with Crippen molar-refractivity contribution < 1.29 is 19.0 Å². The number of carbonyl (C=O) groups excluding carboxylic acids is 1. The predicted molar refractivity (Wildman–Crippen MR) is 139 cm³/mol. The van der Waals surface area contributed by atoms with Gasteiger partial charge in [0.15, 0.2) is 11.7 Å². The van der Waals surface area contributed by atoms with E-state index in [1.807, 2.05) is 19.1 Å². The van der Waals surface area contributed by atoms with Crippen molar-refractivity contribution in [3.8, 4) is 11.5 Å². The molecule has 1 saturated heterocycles. The molecule has 0 aliphatic carbocycles. The van der Waals surface area contributed by atoms with Gasteiger partial charge in [0.2, 0.25) is 0 Å². The summed E-state index contributed by atoms with van der Waals surface area (Å²) in [6.07, 6.45) is 0.837. The monoisotopic (exact) mass is 525 g/mol. The Morgan fingerprint density at radius 1 is 1.18 bits per heavy atom. The second kappa shape index (κ2) is 12.6. The van der Waals surface area contributed by atoms with Crippen LogP contribution in [0, 0.1) is 6.92 Å². The Hall–Kier alpha value is -2.10. The van der Waals surface area contributed by atoms with Crippen LogP contribution in [0.25, 0.3) is 10.2 Å². The van der Waals surface area contributed by atoms with E-state index >= 15 is 0 Å². The minimum atomic E-state index is -0.129. The third kappa shape index (κ3) is 6.52. The summed E-state index contributed by atoms with van der Waals surface area (Å²) in [5.41, 5.74) is 1.76. The Bertz CT molecular complexity index is 1090. The zero-order valence-electron chi connectivity index (χ0n) is 19.3.